The first-order valence-electron chi connectivity index (χ1n) is 8.68. The number of piperidine rings is 1. The first-order valence-corrected chi connectivity index (χ1v) is 8.68. The monoisotopic (exact) mass is 347 g/mol. The second-order valence-corrected chi connectivity index (χ2v) is 7.53. The highest BCUT2D eigenvalue weighted by atomic mass is 16.2. The van der Waals surface area contributed by atoms with Crippen molar-refractivity contribution >= 4 is 17.8 Å². The van der Waals surface area contributed by atoms with Gasteiger partial charge < -0.3 is 10.2 Å². The van der Waals surface area contributed by atoms with Gasteiger partial charge in [-0.3, -0.25) is 19.6 Å². The molecule has 2 aliphatic rings. The summed E-state index contributed by atoms with van der Waals surface area (Å²) in [7, 11) is 0. The number of rotatable bonds is 4. The van der Waals surface area contributed by atoms with Gasteiger partial charge in [0.15, 0.2) is 0 Å². The number of amides is 4. The highest BCUT2D eigenvalue weighted by Gasteiger charge is 2.45. The molecule has 1 aromatic heterocycles. The Morgan fingerprint density at radius 1 is 1.40 bits per heavy atom. The summed E-state index contributed by atoms with van der Waals surface area (Å²) in [5.74, 6) is -0.170. The minimum atomic E-state index is -0.945. The number of likely N-dealkylation sites (tertiary alicyclic amines) is 1. The van der Waals surface area contributed by atoms with Crippen LogP contribution in [0.4, 0.5) is 4.79 Å². The lowest BCUT2D eigenvalue weighted by Crippen LogP contribution is -2.47. The standard InChI is InChI=1S/C17H25N5O3/c1-11-8-18-20-13(11)7-12-5-4-6-21(9-12)14(23)10-22-15(24)17(2,3)19-16(22)25/h8,12H,4-7,9-10H2,1-3H3,(H,18,20)(H,19,25)/t12-/m1/s1. The van der Waals surface area contributed by atoms with E-state index in [1.165, 1.54) is 0 Å². The van der Waals surface area contributed by atoms with E-state index in [1.807, 2.05) is 6.92 Å². The molecule has 8 nitrogen and oxygen atoms in total. The summed E-state index contributed by atoms with van der Waals surface area (Å²) < 4.78 is 0. The molecular weight excluding hydrogens is 322 g/mol. The van der Waals surface area contributed by atoms with Crippen molar-refractivity contribution in [2.75, 3.05) is 19.6 Å². The highest BCUT2D eigenvalue weighted by molar-refractivity contribution is 6.08. The van der Waals surface area contributed by atoms with E-state index in [9.17, 15) is 14.4 Å². The van der Waals surface area contributed by atoms with E-state index in [2.05, 4.69) is 15.5 Å². The normalized spacial score (nSPS) is 23.1. The van der Waals surface area contributed by atoms with Crippen LogP contribution in [0.15, 0.2) is 6.20 Å². The summed E-state index contributed by atoms with van der Waals surface area (Å²) in [6.07, 6.45) is 4.64. The lowest BCUT2D eigenvalue weighted by Gasteiger charge is -2.33. The zero-order chi connectivity index (χ0) is 18.2. The third-order valence-electron chi connectivity index (χ3n) is 5.04. The molecule has 0 radical (unpaired) electrons. The fourth-order valence-electron chi connectivity index (χ4n) is 3.52. The number of H-pyrrole nitrogens is 1. The molecule has 0 spiro atoms. The maximum Gasteiger partial charge on any atom is 0.325 e. The van der Waals surface area contributed by atoms with Crippen LogP contribution < -0.4 is 5.32 Å². The lowest BCUT2D eigenvalue weighted by molar-refractivity contribution is -0.139. The van der Waals surface area contributed by atoms with Gasteiger partial charge in [0.05, 0.1) is 6.20 Å². The van der Waals surface area contributed by atoms with Gasteiger partial charge in [-0.15, -0.1) is 0 Å². The topological polar surface area (TPSA) is 98.4 Å². The van der Waals surface area contributed by atoms with Crippen molar-refractivity contribution in [2.24, 2.45) is 5.92 Å². The Hall–Kier alpha value is -2.38. The van der Waals surface area contributed by atoms with Crippen LogP contribution in [0.5, 0.6) is 0 Å². The van der Waals surface area contributed by atoms with Gasteiger partial charge in [-0.25, -0.2) is 4.79 Å². The first kappa shape index (κ1) is 17.4. The first-order chi connectivity index (χ1) is 11.8. The zero-order valence-corrected chi connectivity index (χ0v) is 15.0. The van der Waals surface area contributed by atoms with Gasteiger partial charge >= 0.3 is 6.03 Å². The van der Waals surface area contributed by atoms with E-state index in [0.29, 0.717) is 19.0 Å². The van der Waals surface area contributed by atoms with Crippen LogP contribution in [-0.4, -0.2) is 63.0 Å². The second kappa shape index (κ2) is 6.50. The number of carbonyl (C=O) groups excluding carboxylic acids is 3. The fraction of sp³-hybridized carbons (Fsp3) is 0.647. The molecule has 0 saturated carbocycles. The Morgan fingerprint density at radius 3 is 2.76 bits per heavy atom. The van der Waals surface area contributed by atoms with Gasteiger partial charge in [0.2, 0.25) is 5.91 Å². The zero-order valence-electron chi connectivity index (χ0n) is 15.0. The fourth-order valence-corrected chi connectivity index (χ4v) is 3.52. The van der Waals surface area contributed by atoms with Crippen molar-refractivity contribution < 1.29 is 14.4 Å². The molecule has 3 heterocycles. The van der Waals surface area contributed by atoms with Crippen molar-refractivity contribution in [3.63, 3.8) is 0 Å². The van der Waals surface area contributed by atoms with Gasteiger partial charge in [0.1, 0.15) is 12.1 Å². The van der Waals surface area contributed by atoms with Crippen LogP contribution in [-0.2, 0) is 16.0 Å². The molecule has 0 bridgehead atoms. The molecule has 2 N–H and O–H groups in total. The van der Waals surface area contributed by atoms with Gasteiger partial charge in [0, 0.05) is 18.8 Å². The number of hydrogen-bond donors (Lipinski definition) is 2. The number of aromatic nitrogens is 2. The van der Waals surface area contributed by atoms with Gasteiger partial charge in [-0.05, 0) is 51.5 Å². The van der Waals surface area contributed by atoms with Crippen LogP contribution in [0.1, 0.15) is 37.9 Å². The molecule has 0 unspecified atom stereocenters. The van der Waals surface area contributed by atoms with Crippen molar-refractivity contribution in [3.8, 4) is 0 Å². The van der Waals surface area contributed by atoms with Crippen molar-refractivity contribution in [2.45, 2.75) is 45.6 Å². The molecule has 4 amide bonds. The lowest BCUT2D eigenvalue weighted by atomic mass is 9.92. The Morgan fingerprint density at radius 2 is 2.16 bits per heavy atom. The molecule has 0 aromatic carbocycles. The smallest absolute Gasteiger partial charge is 0.325 e. The Bertz CT molecular complexity index is 696. The summed E-state index contributed by atoms with van der Waals surface area (Å²) in [4.78, 5) is 39.6. The molecular formula is C17H25N5O3. The summed E-state index contributed by atoms with van der Waals surface area (Å²) >= 11 is 0. The number of imide groups is 1. The van der Waals surface area contributed by atoms with Crippen LogP contribution in [0.25, 0.3) is 0 Å². The minimum absolute atomic E-state index is 0.174. The molecule has 1 atom stereocenters. The largest absolute Gasteiger partial charge is 0.341 e. The average molecular weight is 347 g/mol. The van der Waals surface area contributed by atoms with Crippen LogP contribution in [0, 0.1) is 12.8 Å². The Labute approximate surface area is 146 Å². The van der Waals surface area contributed by atoms with E-state index >= 15 is 0 Å². The molecule has 136 valence electrons. The van der Waals surface area contributed by atoms with E-state index in [4.69, 9.17) is 0 Å². The molecule has 2 aliphatic heterocycles. The number of hydrogen-bond acceptors (Lipinski definition) is 4. The number of carbonyl (C=O) groups is 3. The molecule has 25 heavy (non-hydrogen) atoms. The summed E-state index contributed by atoms with van der Waals surface area (Å²) in [5, 5.41) is 9.66. The summed E-state index contributed by atoms with van der Waals surface area (Å²) in [6.45, 7) is 6.42. The third kappa shape index (κ3) is 3.52. The summed E-state index contributed by atoms with van der Waals surface area (Å²) in [6, 6.07) is -0.495. The molecule has 2 fully saturated rings. The Balaban J connectivity index is 1.60. The Kier molecular flexibility index (Phi) is 4.53. The van der Waals surface area contributed by atoms with E-state index < -0.39 is 11.6 Å². The SMILES string of the molecule is Cc1cn[nH]c1C[C@H]1CCCN(C(=O)CN2C(=O)NC(C)(C)C2=O)C1. The number of aryl methyl sites for hydroxylation is 1. The van der Waals surface area contributed by atoms with E-state index in [1.54, 1.807) is 24.9 Å². The number of nitrogens with one attached hydrogen (secondary N) is 2. The van der Waals surface area contributed by atoms with E-state index in [-0.39, 0.29) is 18.4 Å². The average Bonchev–Trinajstić information content (AvgIpc) is 3.03. The predicted octanol–water partition coefficient (Wildman–Crippen LogP) is 0.830. The van der Waals surface area contributed by atoms with Gasteiger partial charge in [-0.2, -0.15) is 5.10 Å². The highest BCUT2D eigenvalue weighted by Crippen LogP contribution is 2.22. The van der Waals surface area contributed by atoms with Gasteiger partial charge in [0.25, 0.3) is 5.91 Å². The maximum atomic E-state index is 12.6. The quantitative estimate of drug-likeness (QED) is 0.788. The molecule has 3 rings (SSSR count). The van der Waals surface area contributed by atoms with Crippen LogP contribution >= 0.6 is 0 Å². The summed E-state index contributed by atoms with van der Waals surface area (Å²) in [5.41, 5.74) is 1.29. The van der Waals surface area contributed by atoms with E-state index in [0.717, 1.165) is 35.4 Å². The molecule has 8 heteroatoms. The molecule has 2 saturated heterocycles. The minimum Gasteiger partial charge on any atom is -0.341 e. The maximum absolute atomic E-state index is 12.6. The van der Waals surface area contributed by atoms with Gasteiger partial charge in [-0.1, -0.05) is 0 Å². The van der Waals surface area contributed by atoms with Crippen LogP contribution in [0.2, 0.25) is 0 Å². The van der Waals surface area contributed by atoms with Crippen molar-refractivity contribution in [1.29, 1.82) is 0 Å². The third-order valence-corrected chi connectivity index (χ3v) is 5.04. The number of urea groups is 1. The number of nitrogens with zero attached hydrogens (tertiary/aromatic N) is 3. The second-order valence-electron chi connectivity index (χ2n) is 7.53. The van der Waals surface area contributed by atoms with Crippen molar-refractivity contribution in [3.05, 3.63) is 17.5 Å². The number of aromatic amines is 1. The predicted molar refractivity (Wildman–Crippen MR) is 90.7 cm³/mol. The van der Waals surface area contributed by atoms with Crippen LogP contribution in [0.3, 0.4) is 0 Å². The molecule has 1 aromatic rings. The molecule has 0 aliphatic carbocycles. The van der Waals surface area contributed by atoms with Crippen molar-refractivity contribution in [1.82, 2.24) is 25.3 Å².